The fraction of sp³-hybridized carbons (Fsp3) is 0.579. The summed E-state index contributed by atoms with van der Waals surface area (Å²) in [7, 11) is -2.36. The molecule has 1 aliphatic heterocycles. The van der Waals surface area contributed by atoms with Crippen molar-refractivity contribution in [2.45, 2.75) is 114 Å². The molecule has 1 aromatic carbocycles. The number of hydrogen-bond donors (Lipinski definition) is 3. The molecule has 52 heavy (non-hydrogen) atoms. The zero-order valence-electron chi connectivity index (χ0n) is 30.5. The monoisotopic (exact) mass is 754 g/mol. The van der Waals surface area contributed by atoms with E-state index in [4.69, 9.17) is 9.47 Å². The summed E-state index contributed by atoms with van der Waals surface area (Å²) in [5.41, 5.74) is -0.518. The van der Waals surface area contributed by atoms with Crippen molar-refractivity contribution in [3.05, 3.63) is 59.5 Å². The third-order valence-corrected chi connectivity index (χ3v) is 13.8. The van der Waals surface area contributed by atoms with Gasteiger partial charge in [-0.15, -0.1) is 17.9 Å². The standard InChI is InChI=1S/C38H50N4O8S2/c1-7-25-19-38(25,34(45)41-52(47,48)28-16-17-28)40-32(43)29-20-37(49-6,26-14-12-24(13-15-26)30-18-23(2)21-51-30)22-42(29)33(44)31(36(3,4)5)39-35(46)50-27-10-8-9-11-27/h7,12-15,18,21,25,27-29,31H,1,8-11,16-17,19-20,22H2,2-6H3,(H,39,46)(H,40,43)(H,41,45)/t25-,29+,31-,37+,38-/m1/s1. The molecule has 0 spiro atoms. The number of carbonyl (C=O) groups excluding carboxylic acids is 4. The molecule has 6 rings (SSSR count). The van der Waals surface area contributed by atoms with E-state index in [0.29, 0.717) is 12.8 Å². The lowest BCUT2D eigenvalue weighted by Gasteiger charge is -2.36. The van der Waals surface area contributed by atoms with Gasteiger partial charge in [0.15, 0.2) is 0 Å². The quantitative estimate of drug-likeness (QED) is 0.258. The molecule has 2 heterocycles. The summed E-state index contributed by atoms with van der Waals surface area (Å²) in [5.74, 6) is -2.48. The Morgan fingerprint density at radius 2 is 1.73 bits per heavy atom. The highest BCUT2D eigenvalue weighted by atomic mass is 32.2. The van der Waals surface area contributed by atoms with Crippen LogP contribution in [0.15, 0.2) is 48.4 Å². The molecule has 0 bridgehead atoms. The van der Waals surface area contributed by atoms with Crippen molar-refractivity contribution in [3.8, 4) is 10.4 Å². The molecule has 3 aliphatic carbocycles. The number of ether oxygens (including phenoxy) is 2. The number of amides is 4. The first-order valence-corrected chi connectivity index (χ1v) is 20.4. The molecule has 4 aliphatic rings. The van der Waals surface area contributed by atoms with Gasteiger partial charge in [0.2, 0.25) is 21.8 Å². The molecule has 4 fully saturated rings. The SMILES string of the molecule is C=C[C@@H]1C[C@]1(NC(=O)[C@@H]1C[C@@](OC)(c2ccc(-c3cc(C)cs3)cc2)CN1C(=O)[C@@H](NC(=O)OC1CCCC1)C(C)(C)C)C(=O)NS(=O)(=O)C1CC1. The molecule has 1 saturated heterocycles. The van der Waals surface area contributed by atoms with Crippen LogP contribution in [0.5, 0.6) is 0 Å². The number of benzene rings is 1. The van der Waals surface area contributed by atoms with Gasteiger partial charge in [-0.2, -0.15) is 0 Å². The molecule has 14 heteroatoms. The molecular formula is C38H50N4O8S2. The van der Waals surface area contributed by atoms with Crippen molar-refractivity contribution < 1.29 is 37.1 Å². The van der Waals surface area contributed by atoms with Crippen LogP contribution in [0, 0.1) is 18.3 Å². The summed E-state index contributed by atoms with van der Waals surface area (Å²) < 4.78 is 39.5. The second-order valence-electron chi connectivity index (χ2n) is 15.9. The fourth-order valence-electron chi connectivity index (χ4n) is 7.48. The van der Waals surface area contributed by atoms with Gasteiger partial charge in [-0.1, -0.05) is 51.1 Å². The Hall–Kier alpha value is -3.75. The van der Waals surface area contributed by atoms with Gasteiger partial charge in [-0.05, 0) is 85.4 Å². The van der Waals surface area contributed by atoms with Gasteiger partial charge in [0.05, 0.1) is 11.8 Å². The van der Waals surface area contributed by atoms with E-state index in [1.807, 2.05) is 52.0 Å². The molecule has 1 aromatic heterocycles. The van der Waals surface area contributed by atoms with Crippen molar-refractivity contribution in [1.82, 2.24) is 20.3 Å². The summed E-state index contributed by atoms with van der Waals surface area (Å²) in [6.45, 7) is 11.3. The van der Waals surface area contributed by atoms with Crippen LogP contribution in [-0.2, 0) is 39.5 Å². The number of hydrogen-bond acceptors (Lipinski definition) is 9. The van der Waals surface area contributed by atoms with Crippen molar-refractivity contribution >= 4 is 45.2 Å². The van der Waals surface area contributed by atoms with E-state index in [-0.39, 0.29) is 25.5 Å². The normalized spacial score (nSPS) is 26.8. The minimum absolute atomic E-state index is 0.0239. The largest absolute Gasteiger partial charge is 0.446 e. The molecular weight excluding hydrogens is 705 g/mol. The maximum Gasteiger partial charge on any atom is 0.408 e. The zero-order valence-corrected chi connectivity index (χ0v) is 32.2. The van der Waals surface area contributed by atoms with Crippen LogP contribution in [0.4, 0.5) is 4.79 Å². The number of alkyl carbamates (subject to hydrolysis) is 1. The van der Waals surface area contributed by atoms with Crippen LogP contribution in [0.1, 0.15) is 83.3 Å². The van der Waals surface area contributed by atoms with E-state index in [2.05, 4.69) is 33.4 Å². The first-order chi connectivity index (χ1) is 24.5. The molecule has 282 valence electrons. The Morgan fingerprint density at radius 1 is 1.06 bits per heavy atom. The van der Waals surface area contributed by atoms with Crippen LogP contribution >= 0.6 is 11.3 Å². The number of nitrogens with one attached hydrogen (secondary N) is 3. The average Bonchev–Trinajstić information content (AvgIpc) is 3.91. The summed E-state index contributed by atoms with van der Waals surface area (Å²) in [6, 6.07) is 7.73. The van der Waals surface area contributed by atoms with Crippen LogP contribution in [0.25, 0.3) is 10.4 Å². The lowest BCUT2D eigenvalue weighted by molar-refractivity contribution is -0.143. The smallest absolute Gasteiger partial charge is 0.408 e. The van der Waals surface area contributed by atoms with E-state index in [0.717, 1.165) is 47.3 Å². The maximum absolute atomic E-state index is 14.7. The molecule has 5 atom stereocenters. The highest BCUT2D eigenvalue weighted by molar-refractivity contribution is 7.91. The van der Waals surface area contributed by atoms with E-state index in [1.165, 1.54) is 18.1 Å². The Kier molecular flexibility index (Phi) is 10.4. The van der Waals surface area contributed by atoms with Gasteiger partial charge >= 0.3 is 6.09 Å². The zero-order chi connectivity index (χ0) is 37.6. The molecule has 3 saturated carbocycles. The van der Waals surface area contributed by atoms with E-state index in [1.54, 1.807) is 11.3 Å². The number of rotatable bonds is 12. The number of methoxy groups -OCH3 is 1. The third kappa shape index (κ3) is 7.65. The minimum Gasteiger partial charge on any atom is -0.446 e. The number of carbonyl (C=O) groups is 4. The van der Waals surface area contributed by atoms with E-state index < -0.39 is 73.6 Å². The summed E-state index contributed by atoms with van der Waals surface area (Å²) in [4.78, 5) is 58.4. The highest BCUT2D eigenvalue weighted by Gasteiger charge is 2.62. The Morgan fingerprint density at radius 3 is 2.27 bits per heavy atom. The van der Waals surface area contributed by atoms with E-state index >= 15 is 0 Å². The summed E-state index contributed by atoms with van der Waals surface area (Å²) >= 11 is 1.64. The third-order valence-electron chi connectivity index (χ3n) is 10.9. The molecule has 0 radical (unpaired) electrons. The average molecular weight is 755 g/mol. The second-order valence-corrected chi connectivity index (χ2v) is 18.8. The van der Waals surface area contributed by atoms with Gasteiger partial charge in [0, 0.05) is 24.3 Å². The van der Waals surface area contributed by atoms with Crippen LogP contribution < -0.4 is 15.4 Å². The predicted octanol–water partition coefficient (Wildman–Crippen LogP) is 4.92. The number of likely N-dealkylation sites (tertiary alicyclic amines) is 1. The lowest BCUT2D eigenvalue weighted by Crippen LogP contribution is -2.60. The molecule has 4 amide bonds. The van der Waals surface area contributed by atoms with Gasteiger partial charge in [0.1, 0.15) is 29.3 Å². The first kappa shape index (κ1) is 38.0. The Bertz CT molecular complexity index is 1830. The Labute approximate surface area is 310 Å². The summed E-state index contributed by atoms with van der Waals surface area (Å²) in [6.07, 6.45) is 5.21. The minimum atomic E-state index is -3.89. The van der Waals surface area contributed by atoms with Crippen LogP contribution in [0.2, 0.25) is 0 Å². The topological polar surface area (TPSA) is 160 Å². The number of aryl methyl sites for hydroxylation is 1. The Balaban J connectivity index is 1.31. The van der Waals surface area contributed by atoms with E-state index in [9.17, 15) is 27.6 Å². The van der Waals surface area contributed by atoms with Crippen LogP contribution in [-0.4, -0.2) is 79.8 Å². The maximum atomic E-state index is 14.7. The predicted molar refractivity (Wildman–Crippen MR) is 198 cm³/mol. The van der Waals surface area contributed by atoms with Gasteiger partial charge in [0.25, 0.3) is 5.91 Å². The molecule has 12 nitrogen and oxygen atoms in total. The van der Waals surface area contributed by atoms with Crippen molar-refractivity contribution in [1.29, 1.82) is 0 Å². The number of nitrogens with zero attached hydrogens (tertiary/aromatic N) is 1. The molecule has 3 N–H and O–H groups in total. The van der Waals surface area contributed by atoms with Gasteiger partial charge in [-0.3, -0.25) is 19.1 Å². The fourth-order valence-corrected chi connectivity index (χ4v) is 9.75. The van der Waals surface area contributed by atoms with Gasteiger partial charge < -0.3 is 25.0 Å². The van der Waals surface area contributed by atoms with Crippen LogP contribution in [0.3, 0.4) is 0 Å². The molecule has 0 unspecified atom stereocenters. The lowest BCUT2D eigenvalue weighted by atomic mass is 9.85. The first-order valence-electron chi connectivity index (χ1n) is 18.0. The number of sulfonamides is 1. The molecule has 2 aromatic rings. The van der Waals surface area contributed by atoms with Crippen molar-refractivity contribution in [3.63, 3.8) is 0 Å². The summed E-state index contributed by atoms with van der Waals surface area (Å²) in [5, 5.41) is 7.09. The van der Waals surface area contributed by atoms with Gasteiger partial charge in [-0.25, -0.2) is 13.2 Å². The number of thiophene rings is 1. The van der Waals surface area contributed by atoms with Crippen molar-refractivity contribution in [2.24, 2.45) is 11.3 Å². The van der Waals surface area contributed by atoms with Crippen molar-refractivity contribution in [2.75, 3.05) is 13.7 Å². The highest BCUT2D eigenvalue weighted by Crippen LogP contribution is 2.47. The second kappa shape index (κ2) is 14.2.